The summed E-state index contributed by atoms with van der Waals surface area (Å²) in [6, 6.07) is 7.61. The van der Waals surface area contributed by atoms with E-state index in [0.29, 0.717) is 18.8 Å². The Kier molecular flexibility index (Phi) is 5.43. The number of nitrogens with zero attached hydrogens (tertiary/aromatic N) is 1. The number of hydrogen-bond acceptors (Lipinski definition) is 4. The molecule has 1 heterocycles. The Hall–Kier alpha value is -1.86. The van der Waals surface area contributed by atoms with Crippen LogP contribution >= 0.6 is 0 Å². The smallest absolute Gasteiger partial charge is 0.237 e. The molecule has 0 spiro atoms. The molecule has 6 nitrogen and oxygen atoms in total. The second kappa shape index (κ2) is 7.14. The van der Waals surface area contributed by atoms with E-state index in [-0.39, 0.29) is 6.54 Å². The summed E-state index contributed by atoms with van der Waals surface area (Å²) < 4.78 is 31.1. The Morgan fingerprint density at radius 1 is 1.22 bits per heavy atom. The van der Waals surface area contributed by atoms with Gasteiger partial charge in [-0.05, 0) is 13.0 Å². The zero-order valence-electron chi connectivity index (χ0n) is 13.6. The van der Waals surface area contributed by atoms with Gasteiger partial charge < -0.3 is 9.73 Å². The Bertz CT molecular complexity index is 792. The average molecular weight is 338 g/mol. The number of amides is 1. The van der Waals surface area contributed by atoms with Crippen molar-refractivity contribution in [1.29, 1.82) is 0 Å². The zero-order valence-corrected chi connectivity index (χ0v) is 14.4. The molecule has 1 N–H and O–H groups in total. The number of hydrogen-bond donors (Lipinski definition) is 1. The molecule has 0 aliphatic carbocycles. The van der Waals surface area contributed by atoms with Crippen molar-refractivity contribution in [1.82, 2.24) is 9.62 Å². The van der Waals surface area contributed by atoms with E-state index >= 15 is 0 Å². The van der Waals surface area contributed by atoms with Gasteiger partial charge in [-0.15, -0.1) is 0 Å². The number of carbonyl (C=O) groups excluding carboxylic acids is 1. The number of aryl methyl sites for hydroxylation is 1. The maximum atomic E-state index is 12.1. The highest BCUT2D eigenvalue weighted by molar-refractivity contribution is 7.89. The lowest BCUT2D eigenvalue weighted by molar-refractivity contribution is -0.118. The molecule has 2 aromatic rings. The molecule has 0 radical (unpaired) electrons. The van der Waals surface area contributed by atoms with Gasteiger partial charge in [0.1, 0.15) is 17.1 Å². The van der Waals surface area contributed by atoms with Crippen molar-refractivity contribution < 1.29 is 17.6 Å². The Morgan fingerprint density at radius 3 is 2.48 bits per heavy atom. The molecule has 0 aliphatic heterocycles. The summed E-state index contributed by atoms with van der Waals surface area (Å²) in [4.78, 5) is 11.9. The highest BCUT2D eigenvalue weighted by Crippen LogP contribution is 2.24. The van der Waals surface area contributed by atoms with Gasteiger partial charge in [-0.25, -0.2) is 12.7 Å². The molecule has 0 saturated heterocycles. The number of fused-ring (bicyclic) bond motifs is 1. The van der Waals surface area contributed by atoms with Gasteiger partial charge in [0, 0.05) is 24.0 Å². The largest absolute Gasteiger partial charge is 0.459 e. The van der Waals surface area contributed by atoms with Gasteiger partial charge in [-0.2, -0.15) is 0 Å². The standard InChI is InChI=1S/C16H22N2O4S/c1-4-18(5-2)23(20,21)11-16(19)17-10-15-12(3)13-8-6-7-9-14(13)22-15/h6-9H,4-5,10-11H2,1-3H3,(H,17,19). The fourth-order valence-corrected chi connectivity index (χ4v) is 3.90. The molecule has 0 bridgehead atoms. The van der Waals surface area contributed by atoms with Crippen molar-refractivity contribution in [3.05, 3.63) is 35.6 Å². The average Bonchev–Trinajstić information content (AvgIpc) is 2.82. The van der Waals surface area contributed by atoms with E-state index in [1.165, 1.54) is 4.31 Å². The van der Waals surface area contributed by atoms with Crippen molar-refractivity contribution in [3.8, 4) is 0 Å². The van der Waals surface area contributed by atoms with Crippen LogP contribution in [-0.2, 0) is 21.4 Å². The molecule has 23 heavy (non-hydrogen) atoms. The SMILES string of the molecule is CCN(CC)S(=O)(=O)CC(=O)NCc1oc2ccccc2c1C. The number of sulfonamides is 1. The molecule has 0 saturated carbocycles. The first-order chi connectivity index (χ1) is 10.9. The zero-order chi connectivity index (χ0) is 17.0. The van der Waals surface area contributed by atoms with E-state index < -0.39 is 21.7 Å². The molecule has 0 unspecified atom stereocenters. The first-order valence-electron chi connectivity index (χ1n) is 7.60. The molecule has 1 amide bonds. The predicted molar refractivity (Wildman–Crippen MR) is 89.5 cm³/mol. The summed E-state index contributed by atoms with van der Waals surface area (Å²) in [6.45, 7) is 6.30. The summed E-state index contributed by atoms with van der Waals surface area (Å²) in [5.41, 5.74) is 1.71. The maximum absolute atomic E-state index is 12.1. The molecular formula is C16H22N2O4S. The highest BCUT2D eigenvalue weighted by Gasteiger charge is 2.23. The minimum atomic E-state index is -3.57. The molecular weight excluding hydrogens is 316 g/mol. The molecule has 0 atom stereocenters. The van der Waals surface area contributed by atoms with Gasteiger partial charge >= 0.3 is 0 Å². The first kappa shape index (κ1) is 17.5. The van der Waals surface area contributed by atoms with Crippen LogP contribution in [0.25, 0.3) is 11.0 Å². The Balaban J connectivity index is 2.02. The summed E-state index contributed by atoms with van der Waals surface area (Å²) in [6.07, 6.45) is 0. The highest BCUT2D eigenvalue weighted by atomic mass is 32.2. The number of benzene rings is 1. The third-order valence-electron chi connectivity index (χ3n) is 3.80. The van der Waals surface area contributed by atoms with Crippen LogP contribution in [0.4, 0.5) is 0 Å². The lowest BCUT2D eigenvalue weighted by atomic mass is 10.1. The van der Waals surface area contributed by atoms with E-state index in [9.17, 15) is 13.2 Å². The minimum Gasteiger partial charge on any atom is -0.459 e. The van der Waals surface area contributed by atoms with Crippen molar-refractivity contribution in [3.63, 3.8) is 0 Å². The van der Waals surface area contributed by atoms with Gasteiger partial charge in [-0.1, -0.05) is 32.0 Å². The van der Waals surface area contributed by atoms with E-state index in [1.54, 1.807) is 13.8 Å². The fourth-order valence-electron chi connectivity index (χ4n) is 2.50. The van der Waals surface area contributed by atoms with E-state index in [0.717, 1.165) is 16.5 Å². The molecule has 2 rings (SSSR count). The Labute approximate surface area is 136 Å². The first-order valence-corrected chi connectivity index (χ1v) is 9.21. The third kappa shape index (κ3) is 3.92. The summed E-state index contributed by atoms with van der Waals surface area (Å²) in [5.74, 6) is -0.440. The number of nitrogens with one attached hydrogen (secondary N) is 1. The van der Waals surface area contributed by atoms with Gasteiger partial charge in [0.25, 0.3) is 0 Å². The number of para-hydroxylation sites is 1. The van der Waals surface area contributed by atoms with E-state index in [4.69, 9.17) is 4.42 Å². The molecule has 7 heteroatoms. The second-order valence-corrected chi connectivity index (χ2v) is 7.23. The van der Waals surface area contributed by atoms with Crippen LogP contribution in [0.5, 0.6) is 0 Å². The topological polar surface area (TPSA) is 79.6 Å². The van der Waals surface area contributed by atoms with Crippen LogP contribution in [-0.4, -0.2) is 37.5 Å². The lowest BCUT2D eigenvalue weighted by Gasteiger charge is -2.17. The summed E-state index contributed by atoms with van der Waals surface area (Å²) in [5, 5.41) is 3.61. The monoisotopic (exact) mass is 338 g/mol. The summed E-state index contributed by atoms with van der Waals surface area (Å²) >= 11 is 0. The van der Waals surface area contributed by atoms with Gasteiger partial charge in [0.05, 0.1) is 6.54 Å². The van der Waals surface area contributed by atoms with Crippen molar-refractivity contribution >= 4 is 26.9 Å². The number of furan rings is 1. The van der Waals surface area contributed by atoms with Crippen molar-refractivity contribution in [2.45, 2.75) is 27.3 Å². The fraction of sp³-hybridized carbons (Fsp3) is 0.438. The molecule has 0 aliphatic rings. The normalized spacial score (nSPS) is 12.0. The van der Waals surface area contributed by atoms with Crippen LogP contribution in [0, 0.1) is 6.92 Å². The number of carbonyl (C=O) groups is 1. The van der Waals surface area contributed by atoms with Gasteiger partial charge in [-0.3, -0.25) is 4.79 Å². The lowest BCUT2D eigenvalue weighted by Crippen LogP contribution is -2.39. The van der Waals surface area contributed by atoms with Crippen LogP contribution in [0.2, 0.25) is 0 Å². The van der Waals surface area contributed by atoms with Crippen LogP contribution in [0.15, 0.2) is 28.7 Å². The predicted octanol–water partition coefficient (Wildman–Crippen LogP) is 2.03. The molecule has 1 aromatic heterocycles. The number of rotatable bonds is 7. The molecule has 1 aromatic carbocycles. The van der Waals surface area contributed by atoms with Crippen LogP contribution in [0.3, 0.4) is 0 Å². The van der Waals surface area contributed by atoms with E-state index in [1.807, 2.05) is 31.2 Å². The van der Waals surface area contributed by atoms with Crippen LogP contribution < -0.4 is 5.32 Å². The van der Waals surface area contributed by atoms with Gasteiger partial charge in [0.2, 0.25) is 15.9 Å². The van der Waals surface area contributed by atoms with Crippen molar-refractivity contribution in [2.75, 3.05) is 18.8 Å². The summed E-state index contributed by atoms with van der Waals surface area (Å²) in [7, 11) is -3.57. The van der Waals surface area contributed by atoms with Crippen molar-refractivity contribution in [2.24, 2.45) is 0 Å². The second-order valence-electron chi connectivity index (χ2n) is 5.26. The quantitative estimate of drug-likeness (QED) is 0.838. The maximum Gasteiger partial charge on any atom is 0.237 e. The van der Waals surface area contributed by atoms with Gasteiger partial charge in [0.15, 0.2) is 0 Å². The Morgan fingerprint density at radius 2 is 1.87 bits per heavy atom. The minimum absolute atomic E-state index is 0.174. The third-order valence-corrected chi connectivity index (χ3v) is 5.73. The van der Waals surface area contributed by atoms with E-state index in [2.05, 4.69) is 5.32 Å². The molecule has 126 valence electrons. The molecule has 0 fully saturated rings. The van der Waals surface area contributed by atoms with Crippen LogP contribution in [0.1, 0.15) is 25.2 Å².